The van der Waals surface area contributed by atoms with Crippen LogP contribution in [-0.2, 0) is 11.3 Å². The van der Waals surface area contributed by atoms with E-state index in [1.165, 1.54) is 49.6 Å². The molecule has 1 aliphatic rings. The van der Waals surface area contributed by atoms with Crippen LogP contribution in [0, 0.1) is 20.2 Å². The van der Waals surface area contributed by atoms with E-state index in [9.17, 15) is 29.8 Å². The summed E-state index contributed by atoms with van der Waals surface area (Å²) in [5.41, 5.74) is 0.386. The van der Waals surface area contributed by atoms with Gasteiger partial charge in [-0.05, 0) is 30.0 Å². The maximum absolute atomic E-state index is 12.8. The molecule has 0 atom stereocenters. The third kappa shape index (κ3) is 4.38. The topological polar surface area (TPSA) is 146 Å². The maximum atomic E-state index is 12.8. The molecule has 1 saturated heterocycles. The number of non-ortho nitro benzene ring substituents is 1. The molecule has 1 aromatic heterocycles. The Labute approximate surface area is 195 Å². The van der Waals surface area contributed by atoms with E-state index in [0.29, 0.717) is 23.1 Å². The molecule has 1 fully saturated rings. The number of hydrogen-bond acceptors (Lipinski definition) is 9. The van der Waals surface area contributed by atoms with Crippen LogP contribution in [0.4, 0.5) is 16.2 Å². The molecule has 0 spiro atoms. The average Bonchev–Trinajstić information content (AvgIpc) is 3.39. The van der Waals surface area contributed by atoms with E-state index < -0.39 is 21.0 Å². The number of carbonyl (C=O) groups excluding carboxylic acids is 2. The van der Waals surface area contributed by atoms with Gasteiger partial charge < -0.3 is 9.15 Å². The number of para-hydroxylation sites is 1. The smallest absolute Gasteiger partial charge is 0.293 e. The number of ether oxygens (including phenoxy) is 1. The maximum Gasteiger partial charge on any atom is 0.293 e. The molecular formula is C22H15N3O8S. The van der Waals surface area contributed by atoms with Crippen molar-refractivity contribution in [3.63, 3.8) is 0 Å². The quantitative estimate of drug-likeness (QED) is 0.258. The van der Waals surface area contributed by atoms with Crippen LogP contribution >= 0.6 is 11.8 Å². The predicted octanol–water partition coefficient (Wildman–Crippen LogP) is 5.01. The fourth-order valence-electron chi connectivity index (χ4n) is 3.33. The van der Waals surface area contributed by atoms with Crippen molar-refractivity contribution in [2.75, 3.05) is 7.11 Å². The van der Waals surface area contributed by atoms with Crippen molar-refractivity contribution in [2.24, 2.45) is 0 Å². The monoisotopic (exact) mass is 481 g/mol. The summed E-state index contributed by atoms with van der Waals surface area (Å²) in [7, 11) is 1.37. The zero-order valence-electron chi connectivity index (χ0n) is 17.5. The average molecular weight is 481 g/mol. The van der Waals surface area contributed by atoms with Gasteiger partial charge in [-0.1, -0.05) is 18.2 Å². The molecule has 11 nitrogen and oxygen atoms in total. The van der Waals surface area contributed by atoms with Crippen molar-refractivity contribution in [3.05, 3.63) is 91.1 Å². The number of benzene rings is 2. The largest absolute Gasteiger partial charge is 0.496 e. The van der Waals surface area contributed by atoms with Crippen molar-refractivity contribution in [1.29, 1.82) is 0 Å². The number of thioether (sulfide) groups is 1. The van der Waals surface area contributed by atoms with Crippen LogP contribution in [-0.4, -0.2) is 33.0 Å². The summed E-state index contributed by atoms with van der Waals surface area (Å²) in [6.07, 6.45) is 1.39. The zero-order valence-corrected chi connectivity index (χ0v) is 18.3. The Morgan fingerprint density at radius 3 is 2.53 bits per heavy atom. The minimum Gasteiger partial charge on any atom is -0.496 e. The lowest BCUT2D eigenvalue weighted by Crippen LogP contribution is -2.27. The van der Waals surface area contributed by atoms with Crippen molar-refractivity contribution >= 4 is 40.4 Å². The summed E-state index contributed by atoms with van der Waals surface area (Å²) in [6.45, 7) is -0.234. The van der Waals surface area contributed by atoms with Gasteiger partial charge in [0, 0.05) is 23.8 Å². The highest BCUT2D eigenvalue weighted by atomic mass is 32.2. The minimum absolute atomic E-state index is 0.0974. The molecule has 4 rings (SSSR count). The first kappa shape index (κ1) is 22.7. The number of imide groups is 1. The number of hydrogen-bond donors (Lipinski definition) is 0. The van der Waals surface area contributed by atoms with E-state index >= 15 is 0 Å². The molecule has 172 valence electrons. The first-order chi connectivity index (χ1) is 16.3. The molecule has 2 aromatic carbocycles. The minimum atomic E-state index is -0.598. The molecular weight excluding hydrogens is 466 g/mol. The summed E-state index contributed by atoms with van der Waals surface area (Å²) in [5.74, 6) is 0.252. The van der Waals surface area contributed by atoms with Crippen LogP contribution in [0.1, 0.15) is 11.3 Å². The lowest BCUT2D eigenvalue weighted by Gasteiger charge is -2.12. The summed E-state index contributed by atoms with van der Waals surface area (Å²) in [4.78, 5) is 47.4. The van der Waals surface area contributed by atoms with Crippen molar-refractivity contribution in [1.82, 2.24) is 4.90 Å². The Kier molecular flexibility index (Phi) is 6.15. The summed E-state index contributed by atoms with van der Waals surface area (Å²) >= 11 is 0.697. The van der Waals surface area contributed by atoms with Crippen LogP contribution in [0.15, 0.2) is 63.9 Å². The highest BCUT2D eigenvalue weighted by molar-refractivity contribution is 8.18. The van der Waals surface area contributed by atoms with E-state index in [0.717, 1.165) is 4.90 Å². The highest BCUT2D eigenvalue weighted by Crippen LogP contribution is 2.37. The molecule has 1 aliphatic heterocycles. The predicted molar refractivity (Wildman–Crippen MR) is 122 cm³/mol. The number of rotatable bonds is 7. The number of nitrogens with zero attached hydrogens (tertiary/aromatic N) is 3. The molecule has 34 heavy (non-hydrogen) atoms. The Morgan fingerprint density at radius 2 is 1.82 bits per heavy atom. The second-order valence-corrected chi connectivity index (χ2v) is 7.99. The first-order valence-corrected chi connectivity index (χ1v) is 10.5. The van der Waals surface area contributed by atoms with Gasteiger partial charge in [0.2, 0.25) is 0 Å². The third-order valence-corrected chi connectivity index (χ3v) is 5.86. The van der Waals surface area contributed by atoms with Crippen LogP contribution in [0.2, 0.25) is 0 Å². The zero-order chi connectivity index (χ0) is 24.4. The summed E-state index contributed by atoms with van der Waals surface area (Å²) in [6, 6.07) is 13.1. The van der Waals surface area contributed by atoms with Gasteiger partial charge in [-0.15, -0.1) is 0 Å². The Hall–Kier alpha value is -4.45. The Balaban J connectivity index is 1.58. The number of nitro groups is 2. The lowest BCUT2D eigenvalue weighted by molar-refractivity contribution is -0.385. The summed E-state index contributed by atoms with van der Waals surface area (Å²) < 4.78 is 11.0. The number of carbonyl (C=O) groups is 2. The number of nitro benzene ring substituents is 2. The molecule has 2 amide bonds. The SMILES string of the molecule is COc1cc([N+](=O)[O-])ccc1-c1ccc(/C=C2\SC(=O)N(Cc3ccccc3[N+](=O)[O-])C2=O)o1. The highest BCUT2D eigenvalue weighted by Gasteiger charge is 2.36. The molecule has 0 aliphatic carbocycles. The summed E-state index contributed by atoms with van der Waals surface area (Å²) in [5, 5.41) is 21.7. The fraction of sp³-hybridized carbons (Fsp3) is 0.0909. The van der Waals surface area contributed by atoms with E-state index in [1.54, 1.807) is 18.2 Å². The van der Waals surface area contributed by atoms with E-state index in [4.69, 9.17) is 9.15 Å². The van der Waals surface area contributed by atoms with E-state index in [-0.39, 0.29) is 39.9 Å². The van der Waals surface area contributed by atoms with Gasteiger partial charge in [0.25, 0.3) is 22.5 Å². The molecule has 3 aromatic rings. The third-order valence-electron chi connectivity index (χ3n) is 4.95. The number of methoxy groups -OCH3 is 1. The van der Waals surface area contributed by atoms with Crippen molar-refractivity contribution in [2.45, 2.75) is 6.54 Å². The molecule has 0 saturated carbocycles. The van der Waals surface area contributed by atoms with Crippen LogP contribution in [0.5, 0.6) is 5.75 Å². The number of amides is 2. The van der Waals surface area contributed by atoms with Gasteiger partial charge in [0.15, 0.2) is 0 Å². The standard InChI is InChI=1S/C22H15N3O8S/c1-32-19-10-14(24(28)29)6-8-16(19)18-9-7-15(33-18)11-20-21(26)23(22(27)34-20)12-13-4-2-3-5-17(13)25(30)31/h2-11H,12H2,1H3/b20-11-. The molecule has 12 heteroatoms. The van der Waals surface area contributed by atoms with Gasteiger partial charge in [-0.3, -0.25) is 34.7 Å². The van der Waals surface area contributed by atoms with Crippen LogP contribution in [0.25, 0.3) is 17.4 Å². The fourth-order valence-corrected chi connectivity index (χ4v) is 4.15. The van der Waals surface area contributed by atoms with Gasteiger partial charge in [0.1, 0.15) is 17.3 Å². The Bertz CT molecular complexity index is 1360. The van der Waals surface area contributed by atoms with Gasteiger partial charge in [0.05, 0.1) is 40.0 Å². The second-order valence-electron chi connectivity index (χ2n) is 7.00. The molecule has 2 heterocycles. The molecule has 0 N–H and O–H groups in total. The van der Waals surface area contributed by atoms with Crippen LogP contribution < -0.4 is 4.74 Å². The Morgan fingerprint density at radius 1 is 1.06 bits per heavy atom. The van der Waals surface area contributed by atoms with Crippen molar-refractivity contribution in [3.8, 4) is 17.1 Å². The van der Waals surface area contributed by atoms with Gasteiger partial charge in [-0.25, -0.2) is 0 Å². The lowest BCUT2D eigenvalue weighted by atomic mass is 10.1. The second kappa shape index (κ2) is 9.19. The van der Waals surface area contributed by atoms with Crippen LogP contribution in [0.3, 0.4) is 0 Å². The molecule has 0 unspecified atom stereocenters. The molecule has 0 radical (unpaired) electrons. The number of furan rings is 1. The van der Waals surface area contributed by atoms with E-state index in [1.807, 2.05) is 0 Å². The van der Waals surface area contributed by atoms with Gasteiger partial charge in [-0.2, -0.15) is 0 Å². The molecule has 0 bridgehead atoms. The first-order valence-electron chi connectivity index (χ1n) is 9.69. The van der Waals surface area contributed by atoms with Gasteiger partial charge >= 0.3 is 0 Å². The van der Waals surface area contributed by atoms with Crippen molar-refractivity contribution < 1.29 is 28.6 Å². The van der Waals surface area contributed by atoms with E-state index in [2.05, 4.69) is 0 Å². The normalized spacial score (nSPS) is 14.6.